The Labute approximate surface area is 228 Å². The molecule has 6 nitrogen and oxygen atoms in total. The van der Waals surface area contributed by atoms with Gasteiger partial charge in [-0.25, -0.2) is 9.48 Å². The van der Waals surface area contributed by atoms with Crippen molar-refractivity contribution in [2.45, 2.75) is 65.1 Å². The molecule has 0 spiro atoms. The zero-order chi connectivity index (χ0) is 26.2. The molecule has 0 N–H and O–H groups in total. The van der Waals surface area contributed by atoms with Crippen molar-refractivity contribution < 1.29 is 19.0 Å². The molecule has 4 rings (SSSR count). The van der Waals surface area contributed by atoms with Crippen LogP contribution in [0.15, 0.2) is 42.5 Å². The van der Waals surface area contributed by atoms with Gasteiger partial charge in [0.15, 0.2) is 12.0 Å². The highest BCUT2D eigenvalue weighted by molar-refractivity contribution is 6.35. The first kappa shape index (κ1) is 27.6. The van der Waals surface area contributed by atoms with Gasteiger partial charge in [-0.1, -0.05) is 53.9 Å². The van der Waals surface area contributed by atoms with Crippen LogP contribution in [0, 0.1) is 6.92 Å². The fraction of sp³-hybridized carbons (Fsp3) is 0.448. The molecule has 0 bridgehead atoms. The number of ether oxygens (including phenoxy) is 3. The fourth-order valence-electron chi connectivity index (χ4n) is 4.55. The van der Waals surface area contributed by atoms with Crippen LogP contribution in [0.4, 0.5) is 0 Å². The van der Waals surface area contributed by atoms with Gasteiger partial charge in [-0.05, 0) is 76.1 Å². The number of esters is 1. The summed E-state index contributed by atoms with van der Waals surface area (Å²) in [6, 6.07) is 13.6. The van der Waals surface area contributed by atoms with Crippen LogP contribution < -0.4 is 0 Å². The molecule has 37 heavy (non-hydrogen) atoms. The van der Waals surface area contributed by atoms with Crippen molar-refractivity contribution in [1.29, 1.82) is 0 Å². The predicted molar refractivity (Wildman–Crippen MR) is 147 cm³/mol. The van der Waals surface area contributed by atoms with Crippen LogP contribution in [0.5, 0.6) is 0 Å². The van der Waals surface area contributed by atoms with Crippen LogP contribution >= 0.6 is 23.2 Å². The normalized spacial score (nSPS) is 15.6. The Balaban J connectivity index is 1.44. The van der Waals surface area contributed by atoms with Crippen LogP contribution in [0.3, 0.4) is 0 Å². The predicted octanol–water partition coefficient (Wildman–Crippen LogP) is 7.59. The van der Waals surface area contributed by atoms with Gasteiger partial charge < -0.3 is 14.2 Å². The molecule has 1 saturated heterocycles. The second-order valence-corrected chi connectivity index (χ2v) is 10.1. The highest BCUT2D eigenvalue weighted by Crippen LogP contribution is 2.33. The van der Waals surface area contributed by atoms with E-state index in [9.17, 15) is 4.79 Å². The van der Waals surface area contributed by atoms with Gasteiger partial charge >= 0.3 is 5.97 Å². The Hall–Kier alpha value is -2.38. The minimum absolute atomic E-state index is 0.00899. The monoisotopic (exact) mass is 544 g/mol. The van der Waals surface area contributed by atoms with E-state index in [1.807, 2.05) is 6.92 Å². The number of unbranched alkanes of at least 4 members (excludes halogenated alkanes) is 2. The van der Waals surface area contributed by atoms with Crippen LogP contribution in [-0.4, -0.2) is 41.9 Å². The quantitative estimate of drug-likeness (QED) is 0.184. The third kappa shape index (κ3) is 7.14. The minimum atomic E-state index is -0.458. The number of hydrogen-bond acceptors (Lipinski definition) is 5. The summed E-state index contributed by atoms with van der Waals surface area (Å²) in [4.78, 5) is 12.6. The lowest BCUT2D eigenvalue weighted by Crippen LogP contribution is -2.22. The molecule has 0 amide bonds. The van der Waals surface area contributed by atoms with E-state index in [1.54, 1.807) is 29.8 Å². The van der Waals surface area contributed by atoms with E-state index in [1.165, 1.54) is 12.0 Å². The summed E-state index contributed by atoms with van der Waals surface area (Å²) in [6.07, 6.45) is 7.57. The van der Waals surface area contributed by atoms with E-state index in [-0.39, 0.29) is 18.6 Å². The molecule has 3 aromatic rings. The molecule has 1 fully saturated rings. The molecule has 1 unspecified atom stereocenters. The van der Waals surface area contributed by atoms with Gasteiger partial charge in [0, 0.05) is 29.4 Å². The molecule has 8 heteroatoms. The van der Waals surface area contributed by atoms with Crippen LogP contribution in [-0.2, 0) is 20.6 Å². The molecule has 198 valence electrons. The molecule has 0 radical (unpaired) electrons. The number of halogens is 2. The highest BCUT2D eigenvalue weighted by Gasteiger charge is 2.24. The number of rotatable bonds is 11. The smallest absolute Gasteiger partial charge is 0.359 e. The summed E-state index contributed by atoms with van der Waals surface area (Å²) in [5.41, 5.74) is 4.65. The third-order valence-corrected chi connectivity index (χ3v) is 7.05. The van der Waals surface area contributed by atoms with Crippen molar-refractivity contribution in [2.24, 2.45) is 0 Å². The molecule has 1 atom stereocenters. The van der Waals surface area contributed by atoms with E-state index < -0.39 is 5.97 Å². The Morgan fingerprint density at radius 1 is 1.11 bits per heavy atom. The van der Waals surface area contributed by atoms with Crippen molar-refractivity contribution in [1.82, 2.24) is 9.78 Å². The van der Waals surface area contributed by atoms with E-state index in [0.717, 1.165) is 68.6 Å². The summed E-state index contributed by atoms with van der Waals surface area (Å²) in [5, 5.41) is 5.57. The first-order valence-electron chi connectivity index (χ1n) is 13.0. The lowest BCUT2D eigenvalue weighted by Gasteiger charge is -2.22. The lowest BCUT2D eigenvalue weighted by atomic mass is 10.0. The Morgan fingerprint density at radius 2 is 1.92 bits per heavy atom. The third-order valence-electron chi connectivity index (χ3n) is 6.51. The van der Waals surface area contributed by atoms with Gasteiger partial charge in [-0.15, -0.1) is 0 Å². The zero-order valence-electron chi connectivity index (χ0n) is 21.5. The summed E-state index contributed by atoms with van der Waals surface area (Å²) in [7, 11) is 0. The molecular formula is C29H34Cl2N2O4. The second-order valence-electron chi connectivity index (χ2n) is 9.22. The largest absolute Gasteiger partial charge is 0.461 e. The van der Waals surface area contributed by atoms with Gasteiger partial charge in [0.1, 0.15) is 0 Å². The SMILES string of the molecule is CCOC(=O)c1nn(-c2ccc(Cl)cc2Cl)c(-c2ccc(CCCCCOC3CCCCO3)cc2)c1C. The van der Waals surface area contributed by atoms with Gasteiger partial charge in [-0.3, -0.25) is 0 Å². The van der Waals surface area contributed by atoms with Gasteiger partial charge in [0.2, 0.25) is 0 Å². The topological polar surface area (TPSA) is 62.6 Å². The summed E-state index contributed by atoms with van der Waals surface area (Å²) >= 11 is 12.6. The summed E-state index contributed by atoms with van der Waals surface area (Å²) < 4.78 is 18.4. The van der Waals surface area contributed by atoms with E-state index >= 15 is 0 Å². The maximum atomic E-state index is 12.6. The molecule has 0 saturated carbocycles. The number of hydrogen-bond donors (Lipinski definition) is 0. The number of aromatic nitrogens is 2. The standard InChI is InChI=1S/C29H34Cl2N2O4/c1-3-35-29(34)27-20(2)28(33(32-27)25-16-15-23(30)19-24(25)31)22-13-11-21(12-14-22)9-5-4-7-17-36-26-10-6-8-18-37-26/h11-16,19,26H,3-10,17-18H2,1-2H3. The Kier molecular flexibility index (Phi) is 10.0. The summed E-state index contributed by atoms with van der Waals surface area (Å²) in [5.74, 6) is -0.458. The molecule has 1 aromatic heterocycles. The highest BCUT2D eigenvalue weighted by atomic mass is 35.5. The Morgan fingerprint density at radius 3 is 2.62 bits per heavy atom. The van der Waals surface area contributed by atoms with E-state index in [2.05, 4.69) is 29.4 Å². The fourth-order valence-corrected chi connectivity index (χ4v) is 5.04. The van der Waals surface area contributed by atoms with E-state index in [4.69, 9.17) is 37.4 Å². The molecule has 1 aliphatic rings. The van der Waals surface area contributed by atoms with Crippen molar-refractivity contribution in [3.05, 3.63) is 69.3 Å². The van der Waals surface area contributed by atoms with Gasteiger partial charge in [-0.2, -0.15) is 5.10 Å². The molecule has 1 aliphatic heterocycles. The van der Waals surface area contributed by atoms with Crippen molar-refractivity contribution in [3.63, 3.8) is 0 Å². The molecular weight excluding hydrogens is 511 g/mol. The van der Waals surface area contributed by atoms with Crippen LogP contribution in [0.1, 0.15) is 67.1 Å². The average molecular weight is 546 g/mol. The van der Waals surface area contributed by atoms with Crippen molar-refractivity contribution >= 4 is 29.2 Å². The van der Waals surface area contributed by atoms with Crippen molar-refractivity contribution in [2.75, 3.05) is 19.8 Å². The van der Waals surface area contributed by atoms with Crippen molar-refractivity contribution in [3.8, 4) is 16.9 Å². The maximum Gasteiger partial charge on any atom is 0.359 e. The average Bonchev–Trinajstić information content (AvgIpc) is 3.24. The first-order chi connectivity index (χ1) is 18.0. The van der Waals surface area contributed by atoms with E-state index in [0.29, 0.717) is 15.7 Å². The molecule has 2 aromatic carbocycles. The van der Waals surface area contributed by atoms with Crippen LogP contribution in [0.25, 0.3) is 16.9 Å². The zero-order valence-corrected chi connectivity index (χ0v) is 23.0. The minimum Gasteiger partial charge on any atom is -0.461 e. The summed E-state index contributed by atoms with van der Waals surface area (Å²) in [6.45, 7) is 5.50. The Bertz CT molecular complexity index is 1190. The number of nitrogens with zero attached hydrogens (tertiary/aromatic N) is 2. The number of carbonyl (C=O) groups excluding carboxylic acids is 1. The number of benzene rings is 2. The van der Waals surface area contributed by atoms with Crippen LogP contribution in [0.2, 0.25) is 10.0 Å². The lowest BCUT2D eigenvalue weighted by molar-refractivity contribution is -0.162. The molecule has 0 aliphatic carbocycles. The maximum absolute atomic E-state index is 12.6. The molecule has 2 heterocycles. The first-order valence-corrected chi connectivity index (χ1v) is 13.8. The van der Waals surface area contributed by atoms with Gasteiger partial charge in [0.25, 0.3) is 0 Å². The number of carbonyl (C=O) groups is 1. The van der Waals surface area contributed by atoms with Gasteiger partial charge in [0.05, 0.1) is 23.0 Å². The second kappa shape index (κ2) is 13.4. The number of aryl methyl sites for hydroxylation is 1.